The van der Waals surface area contributed by atoms with Gasteiger partial charge in [-0.2, -0.15) is 26.7 Å². The van der Waals surface area contributed by atoms with Crippen molar-refractivity contribution < 1.29 is 26.4 Å². The summed E-state index contributed by atoms with van der Waals surface area (Å²) in [6.07, 6.45) is 0.806. The highest BCUT2D eigenvalue weighted by Gasteiger charge is 2.28. The number of carbonyl (C=O) groups excluding carboxylic acids is 1. The highest BCUT2D eigenvalue weighted by molar-refractivity contribution is 7.90. The van der Waals surface area contributed by atoms with Crippen LogP contribution in [0.2, 0.25) is 0 Å². The Balaban J connectivity index is 1.43. The van der Waals surface area contributed by atoms with Crippen LogP contribution in [0.15, 0.2) is 90.2 Å². The maximum atomic E-state index is 14.3. The minimum atomic E-state index is -4.45. The van der Waals surface area contributed by atoms with E-state index in [9.17, 15) is 31.2 Å². The number of halogens is 3. The molecule has 0 radical (unpaired) electrons. The molecular formula is C31H24F3N9O4S. The topological polar surface area (TPSA) is 171 Å². The van der Waals surface area contributed by atoms with Gasteiger partial charge in [0.15, 0.2) is 11.5 Å². The first-order valence-electron chi connectivity index (χ1n) is 14.1. The summed E-state index contributed by atoms with van der Waals surface area (Å²) in [6.45, 7) is 0.381. The maximum absolute atomic E-state index is 14.3. The van der Waals surface area contributed by atoms with Gasteiger partial charge in [0, 0.05) is 35.5 Å². The van der Waals surface area contributed by atoms with E-state index < -0.39 is 40.4 Å². The lowest BCUT2D eigenvalue weighted by atomic mass is 10.0. The largest absolute Gasteiger partial charge is 0.408 e. The summed E-state index contributed by atoms with van der Waals surface area (Å²) in [4.78, 5) is 32.1. The van der Waals surface area contributed by atoms with Gasteiger partial charge < -0.3 is 5.32 Å². The van der Waals surface area contributed by atoms with Crippen molar-refractivity contribution in [3.05, 3.63) is 118 Å². The predicted molar refractivity (Wildman–Crippen MR) is 169 cm³/mol. The third-order valence-corrected chi connectivity index (χ3v) is 7.54. The van der Waals surface area contributed by atoms with Crippen molar-refractivity contribution in [2.24, 2.45) is 5.14 Å². The molecule has 0 saturated heterocycles. The second-order valence-corrected chi connectivity index (χ2v) is 11.9. The van der Waals surface area contributed by atoms with E-state index in [1.165, 1.54) is 39.9 Å². The Hall–Kier alpha value is -5.99. The summed E-state index contributed by atoms with van der Waals surface area (Å²) in [5, 5.41) is 16.5. The molecule has 1 amide bonds. The number of para-hydroxylation sites is 1. The number of aromatic nitrogens is 6. The van der Waals surface area contributed by atoms with Crippen LogP contribution in [-0.2, 0) is 16.8 Å². The number of hydrogen-bond donors (Lipinski definition) is 3. The fraction of sp³-hybridized carbons (Fsp3) is 0.129. The number of pyridine rings is 1. The van der Waals surface area contributed by atoms with Gasteiger partial charge in [-0.25, -0.2) is 14.6 Å². The standard InChI is InChI=1S/C31H24F3N9O4S/c1-19(38-29(44)26-27(40-48(35,46)47)39-42-14-6-13-36-28(26)42)24-15-22-8-5-7-21(12-11-20-16-37-41(17-20)18-31(32,33)34)25(22)30(45)43(24)23-9-3-2-4-10-23/h2-10,13-17,19H,18H2,1H3,(H,38,44)(H,39,40)(H2,35,46,47). The number of nitrogens with two attached hydrogens (primary N) is 1. The Morgan fingerprint density at radius 3 is 2.58 bits per heavy atom. The van der Waals surface area contributed by atoms with Crippen molar-refractivity contribution in [2.75, 3.05) is 4.72 Å². The third kappa shape index (κ3) is 6.74. The van der Waals surface area contributed by atoms with Gasteiger partial charge in [0.2, 0.25) is 0 Å². The van der Waals surface area contributed by atoms with E-state index in [0.717, 1.165) is 4.68 Å². The molecular weight excluding hydrogens is 651 g/mol. The normalized spacial score (nSPS) is 12.4. The zero-order valence-electron chi connectivity index (χ0n) is 24.8. The number of alkyl halides is 3. The van der Waals surface area contributed by atoms with Crippen LogP contribution in [0.1, 0.15) is 40.1 Å². The van der Waals surface area contributed by atoms with Crippen LogP contribution < -0.4 is 20.7 Å². The molecule has 4 N–H and O–H groups in total. The van der Waals surface area contributed by atoms with Crippen LogP contribution in [0.4, 0.5) is 19.0 Å². The molecule has 1 atom stereocenters. The number of nitrogens with one attached hydrogen (secondary N) is 2. The second kappa shape index (κ2) is 12.3. The van der Waals surface area contributed by atoms with Gasteiger partial charge in [-0.1, -0.05) is 42.2 Å². The quantitative estimate of drug-likeness (QED) is 0.218. The summed E-state index contributed by atoms with van der Waals surface area (Å²) in [5.74, 6) is 4.58. The molecule has 0 spiro atoms. The molecule has 17 heteroatoms. The molecule has 4 aromatic heterocycles. The maximum Gasteiger partial charge on any atom is 0.408 e. The molecule has 244 valence electrons. The van der Waals surface area contributed by atoms with Gasteiger partial charge in [-0.3, -0.25) is 23.6 Å². The van der Waals surface area contributed by atoms with E-state index in [1.807, 2.05) is 4.72 Å². The van der Waals surface area contributed by atoms with Gasteiger partial charge in [0.05, 0.1) is 23.2 Å². The average molecular weight is 676 g/mol. The molecule has 13 nitrogen and oxygen atoms in total. The first kappa shape index (κ1) is 32.0. The molecule has 48 heavy (non-hydrogen) atoms. The SMILES string of the molecule is CC(NC(=O)c1c(NS(N)(=O)=O)nn2cccnc12)c1cc2cccc(C#Cc3cnn(CC(F)(F)F)c3)c2c(=O)n1-c1ccccc1. The number of carbonyl (C=O) groups is 1. The van der Waals surface area contributed by atoms with E-state index in [4.69, 9.17) is 5.14 Å². The lowest BCUT2D eigenvalue weighted by Gasteiger charge is -2.21. The van der Waals surface area contributed by atoms with Gasteiger partial charge in [0.1, 0.15) is 12.1 Å². The Morgan fingerprint density at radius 2 is 1.85 bits per heavy atom. The van der Waals surface area contributed by atoms with E-state index in [1.54, 1.807) is 61.5 Å². The smallest absolute Gasteiger partial charge is 0.344 e. The van der Waals surface area contributed by atoms with Crippen LogP contribution >= 0.6 is 0 Å². The minimum Gasteiger partial charge on any atom is -0.344 e. The van der Waals surface area contributed by atoms with Gasteiger partial charge in [-0.15, -0.1) is 5.10 Å². The number of anilines is 1. The highest BCUT2D eigenvalue weighted by atomic mass is 32.2. The number of fused-ring (bicyclic) bond motifs is 2. The molecule has 2 aromatic carbocycles. The van der Waals surface area contributed by atoms with E-state index >= 15 is 0 Å². The van der Waals surface area contributed by atoms with Crippen LogP contribution in [0, 0.1) is 11.8 Å². The Bertz CT molecular complexity index is 2430. The number of benzene rings is 2. The Labute approximate surface area is 270 Å². The number of hydrogen-bond acceptors (Lipinski definition) is 7. The second-order valence-electron chi connectivity index (χ2n) is 10.6. The molecule has 0 aliphatic carbocycles. The van der Waals surface area contributed by atoms with Gasteiger partial charge in [0.25, 0.3) is 21.7 Å². The summed E-state index contributed by atoms with van der Waals surface area (Å²) in [7, 11) is -4.31. The molecule has 0 aliphatic rings. The molecule has 1 unspecified atom stereocenters. The Morgan fingerprint density at radius 1 is 1.08 bits per heavy atom. The summed E-state index contributed by atoms with van der Waals surface area (Å²) in [5.41, 5.74) is 0.793. The van der Waals surface area contributed by atoms with Crippen molar-refractivity contribution in [3.63, 3.8) is 0 Å². The molecule has 0 saturated carbocycles. The minimum absolute atomic E-state index is 0.0551. The average Bonchev–Trinajstić information content (AvgIpc) is 3.61. The fourth-order valence-corrected chi connectivity index (χ4v) is 5.54. The van der Waals surface area contributed by atoms with Gasteiger partial charge in [-0.05, 0) is 42.6 Å². The van der Waals surface area contributed by atoms with Gasteiger partial charge >= 0.3 is 6.18 Å². The Kier molecular flexibility index (Phi) is 8.20. The molecule has 6 rings (SSSR count). The predicted octanol–water partition coefficient (Wildman–Crippen LogP) is 3.30. The lowest BCUT2D eigenvalue weighted by Crippen LogP contribution is -2.33. The van der Waals surface area contributed by atoms with Crippen LogP contribution in [0.3, 0.4) is 0 Å². The van der Waals surface area contributed by atoms with Crippen molar-refractivity contribution in [1.82, 2.24) is 34.3 Å². The fourth-order valence-electron chi connectivity index (χ4n) is 5.13. The summed E-state index contributed by atoms with van der Waals surface area (Å²) < 4.78 is 67.4. The van der Waals surface area contributed by atoms with Crippen molar-refractivity contribution in [3.8, 4) is 17.5 Å². The number of nitrogens with zero attached hydrogens (tertiary/aromatic N) is 6. The molecule has 0 aliphatic heterocycles. The van der Waals surface area contributed by atoms with E-state index in [2.05, 4.69) is 32.3 Å². The van der Waals surface area contributed by atoms with Crippen molar-refractivity contribution in [2.45, 2.75) is 25.7 Å². The zero-order valence-corrected chi connectivity index (χ0v) is 25.6. The lowest BCUT2D eigenvalue weighted by molar-refractivity contribution is -0.142. The number of rotatable bonds is 7. The molecule has 0 fully saturated rings. The first-order valence-corrected chi connectivity index (χ1v) is 15.6. The molecule has 0 bridgehead atoms. The van der Waals surface area contributed by atoms with E-state index in [0.29, 0.717) is 22.3 Å². The van der Waals surface area contributed by atoms with Crippen LogP contribution in [0.25, 0.3) is 22.1 Å². The van der Waals surface area contributed by atoms with Crippen LogP contribution in [-0.4, -0.2) is 49.4 Å². The van der Waals surface area contributed by atoms with E-state index in [-0.39, 0.29) is 28.0 Å². The first-order chi connectivity index (χ1) is 22.8. The van der Waals surface area contributed by atoms with Crippen LogP contribution in [0.5, 0.6) is 0 Å². The number of amides is 1. The third-order valence-electron chi connectivity index (χ3n) is 7.06. The highest BCUT2D eigenvalue weighted by Crippen LogP contribution is 2.25. The monoisotopic (exact) mass is 675 g/mol. The summed E-state index contributed by atoms with van der Waals surface area (Å²) in [6, 6.07) is 16.1. The van der Waals surface area contributed by atoms with Crippen molar-refractivity contribution in [1.29, 1.82) is 0 Å². The molecule has 4 heterocycles. The summed E-state index contributed by atoms with van der Waals surface area (Å²) >= 11 is 0. The molecule has 6 aromatic rings. The van der Waals surface area contributed by atoms with Crippen molar-refractivity contribution >= 4 is 38.4 Å². The zero-order chi connectivity index (χ0) is 34.2.